The predicted molar refractivity (Wildman–Crippen MR) is 63.7 cm³/mol. The van der Waals surface area contributed by atoms with Crippen LogP contribution in [-0.4, -0.2) is 37.3 Å². The molecule has 0 saturated heterocycles. The highest BCUT2D eigenvalue weighted by Gasteiger charge is 2.32. The number of para-hydroxylation sites is 2. The van der Waals surface area contributed by atoms with Gasteiger partial charge in [-0.1, -0.05) is 12.1 Å². The SMILES string of the molecule is CC1C(=O)N(CCO)c2ccccc2N1C. The number of aliphatic hydroxyl groups excluding tert-OH is 1. The number of rotatable bonds is 2. The lowest BCUT2D eigenvalue weighted by Gasteiger charge is -2.39. The highest BCUT2D eigenvalue weighted by Crippen LogP contribution is 2.34. The zero-order valence-corrected chi connectivity index (χ0v) is 9.55. The Kier molecular flexibility index (Phi) is 2.83. The van der Waals surface area contributed by atoms with E-state index >= 15 is 0 Å². The van der Waals surface area contributed by atoms with Gasteiger partial charge in [0.05, 0.1) is 18.0 Å². The van der Waals surface area contributed by atoms with Crippen molar-refractivity contribution in [2.45, 2.75) is 13.0 Å². The van der Waals surface area contributed by atoms with Crippen LogP contribution in [0.4, 0.5) is 11.4 Å². The number of nitrogens with zero attached hydrogens (tertiary/aromatic N) is 2. The van der Waals surface area contributed by atoms with Gasteiger partial charge in [0, 0.05) is 13.6 Å². The fraction of sp³-hybridized carbons (Fsp3) is 0.417. The number of carbonyl (C=O) groups is 1. The Morgan fingerprint density at radius 2 is 1.94 bits per heavy atom. The number of hydrogen-bond donors (Lipinski definition) is 1. The van der Waals surface area contributed by atoms with E-state index in [2.05, 4.69) is 0 Å². The number of hydrogen-bond acceptors (Lipinski definition) is 3. The molecule has 1 heterocycles. The Bertz CT molecular complexity index is 406. The van der Waals surface area contributed by atoms with Crippen LogP contribution < -0.4 is 9.80 Å². The fourth-order valence-corrected chi connectivity index (χ4v) is 2.04. The average molecular weight is 220 g/mol. The number of carbonyl (C=O) groups excluding carboxylic acids is 1. The van der Waals surface area contributed by atoms with Crippen molar-refractivity contribution in [1.29, 1.82) is 0 Å². The minimum atomic E-state index is -0.179. The largest absolute Gasteiger partial charge is 0.395 e. The third-order valence-electron chi connectivity index (χ3n) is 3.08. The number of aliphatic hydroxyl groups is 1. The molecule has 86 valence electrons. The maximum atomic E-state index is 12.1. The van der Waals surface area contributed by atoms with Gasteiger partial charge in [-0.3, -0.25) is 4.79 Å². The van der Waals surface area contributed by atoms with Gasteiger partial charge < -0.3 is 14.9 Å². The van der Waals surface area contributed by atoms with Gasteiger partial charge in [-0.05, 0) is 19.1 Å². The van der Waals surface area contributed by atoms with Crippen molar-refractivity contribution in [3.05, 3.63) is 24.3 Å². The normalized spacial score (nSPS) is 19.9. The predicted octanol–water partition coefficient (Wildman–Crippen LogP) is 0.850. The lowest BCUT2D eigenvalue weighted by atomic mass is 10.1. The first-order chi connectivity index (χ1) is 7.66. The van der Waals surface area contributed by atoms with Crippen molar-refractivity contribution in [2.24, 2.45) is 0 Å². The summed E-state index contributed by atoms with van der Waals surface area (Å²) < 4.78 is 0. The molecular weight excluding hydrogens is 204 g/mol. The summed E-state index contributed by atoms with van der Waals surface area (Å²) in [4.78, 5) is 15.7. The van der Waals surface area contributed by atoms with Gasteiger partial charge in [-0.25, -0.2) is 0 Å². The molecule has 1 amide bonds. The molecule has 0 saturated carbocycles. The molecule has 1 unspecified atom stereocenters. The Morgan fingerprint density at radius 1 is 1.31 bits per heavy atom. The molecule has 4 heteroatoms. The van der Waals surface area contributed by atoms with E-state index in [1.165, 1.54) is 0 Å². The molecule has 0 fully saturated rings. The second-order valence-electron chi connectivity index (χ2n) is 3.99. The minimum Gasteiger partial charge on any atom is -0.395 e. The minimum absolute atomic E-state index is 0.0174. The van der Waals surface area contributed by atoms with Gasteiger partial charge in [0.25, 0.3) is 0 Å². The molecule has 2 rings (SSSR count). The van der Waals surface area contributed by atoms with Crippen LogP contribution in [0.2, 0.25) is 0 Å². The van der Waals surface area contributed by atoms with Gasteiger partial charge in [0.2, 0.25) is 5.91 Å². The van der Waals surface area contributed by atoms with E-state index in [0.717, 1.165) is 11.4 Å². The molecule has 1 atom stereocenters. The van der Waals surface area contributed by atoms with Gasteiger partial charge in [-0.2, -0.15) is 0 Å². The lowest BCUT2D eigenvalue weighted by Crippen LogP contribution is -2.51. The second-order valence-corrected chi connectivity index (χ2v) is 3.99. The van der Waals surface area contributed by atoms with Crippen LogP contribution in [0.15, 0.2) is 24.3 Å². The molecule has 1 aliphatic rings. The van der Waals surface area contributed by atoms with Gasteiger partial charge in [0.15, 0.2) is 0 Å². The van der Waals surface area contributed by atoms with Crippen LogP contribution in [0.5, 0.6) is 0 Å². The number of fused-ring (bicyclic) bond motifs is 1. The third-order valence-corrected chi connectivity index (χ3v) is 3.08. The summed E-state index contributed by atoms with van der Waals surface area (Å²) in [5.41, 5.74) is 1.91. The summed E-state index contributed by atoms with van der Waals surface area (Å²) in [6.45, 7) is 2.22. The molecule has 1 aromatic carbocycles. The van der Waals surface area contributed by atoms with Crippen molar-refractivity contribution < 1.29 is 9.90 Å². The molecule has 0 spiro atoms. The maximum absolute atomic E-state index is 12.1. The van der Waals surface area contributed by atoms with Gasteiger partial charge >= 0.3 is 0 Å². The number of likely N-dealkylation sites (N-methyl/N-ethyl adjacent to an activating group) is 1. The second kappa shape index (κ2) is 4.14. The Labute approximate surface area is 95.1 Å². The lowest BCUT2D eigenvalue weighted by molar-refractivity contribution is -0.119. The first kappa shape index (κ1) is 11.0. The Balaban J connectivity index is 2.48. The summed E-state index contributed by atoms with van der Waals surface area (Å²) in [5.74, 6) is 0.0373. The van der Waals surface area contributed by atoms with E-state index in [-0.39, 0.29) is 18.6 Å². The van der Waals surface area contributed by atoms with E-state index in [9.17, 15) is 4.79 Å². The number of amides is 1. The van der Waals surface area contributed by atoms with E-state index in [0.29, 0.717) is 6.54 Å². The standard InChI is InChI=1S/C12H16N2O2/c1-9-12(16)14(7-8-15)11-6-4-3-5-10(11)13(9)2/h3-6,9,15H,7-8H2,1-2H3. The van der Waals surface area contributed by atoms with E-state index in [1.54, 1.807) is 4.90 Å². The number of anilines is 2. The number of β-amino-alcohol motifs (C(OH)–C–C–N with tert-alkyl or cyclic N) is 1. The smallest absolute Gasteiger partial charge is 0.249 e. The molecule has 1 aromatic rings. The number of benzene rings is 1. The highest BCUT2D eigenvalue weighted by molar-refractivity contribution is 6.05. The topological polar surface area (TPSA) is 43.8 Å². The first-order valence-corrected chi connectivity index (χ1v) is 5.41. The molecule has 0 aliphatic carbocycles. The van der Waals surface area contributed by atoms with Crippen LogP contribution in [0.25, 0.3) is 0 Å². The van der Waals surface area contributed by atoms with E-state index < -0.39 is 0 Å². The summed E-state index contributed by atoms with van der Waals surface area (Å²) in [7, 11) is 1.91. The Morgan fingerprint density at radius 3 is 2.56 bits per heavy atom. The average Bonchev–Trinajstić information content (AvgIpc) is 2.32. The molecule has 0 radical (unpaired) electrons. The van der Waals surface area contributed by atoms with Crippen LogP contribution in [0.1, 0.15) is 6.92 Å². The zero-order chi connectivity index (χ0) is 11.7. The van der Waals surface area contributed by atoms with Crippen LogP contribution in [0, 0.1) is 0 Å². The van der Waals surface area contributed by atoms with Crippen molar-refractivity contribution >= 4 is 17.3 Å². The Hall–Kier alpha value is -1.55. The monoisotopic (exact) mass is 220 g/mol. The highest BCUT2D eigenvalue weighted by atomic mass is 16.3. The molecule has 0 aromatic heterocycles. The summed E-state index contributed by atoms with van der Waals surface area (Å²) >= 11 is 0. The first-order valence-electron chi connectivity index (χ1n) is 5.41. The van der Waals surface area contributed by atoms with Crippen LogP contribution in [-0.2, 0) is 4.79 Å². The summed E-state index contributed by atoms with van der Waals surface area (Å²) in [6.07, 6.45) is 0. The quantitative estimate of drug-likeness (QED) is 0.803. The third kappa shape index (κ3) is 1.55. The van der Waals surface area contributed by atoms with Crippen LogP contribution >= 0.6 is 0 Å². The van der Waals surface area contributed by atoms with E-state index in [4.69, 9.17) is 5.11 Å². The van der Waals surface area contributed by atoms with Crippen molar-refractivity contribution in [2.75, 3.05) is 30.0 Å². The van der Waals surface area contributed by atoms with Crippen molar-refractivity contribution in [3.8, 4) is 0 Å². The summed E-state index contributed by atoms with van der Waals surface area (Å²) in [5, 5.41) is 9.01. The molecular formula is C12H16N2O2. The van der Waals surface area contributed by atoms with Crippen LogP contribution in [0.3, 0.4) is 0 Å². The van der Waals surface area contributed by atoms with Crippen molar-refractivity contribution in [3.63, 3.8) is 0 Å². The maximum Gasteiger partial charge on any atom is 0.249 e. The molecule has 0 bridgehead atoms. The molecule has 16 heavy (non-hydrogen) atoms. The molecule has 1 N–H and O–H groups in total. The molecule has 1 aliphatic heterocycles. The van der Waals surface area contributed by atoms with Crippen molar-refractivity contribution in [1.82, 2.24) is 0 Å². The fourth-order valence-electron chi connectivity index (χ4n) is 2.04. The zero-order valence-electron chi connectivity index (χ0n) is 9.55. The van der Waals surface area contributed by atoms with Gasteiger partial charge in [0.1, 0.15) is 6.04 Å². The van der Waals surface area contributed by atoms with Gasteiger partial charge in [-0.15, -0.1) is 0 Å². The summed E-state index contributed by atoms with van der Waals surface area (Å²) in [6, 6.07) is 7.57. The molecule has 4 nitrogen and oxygen atoms in total. The van der Waals surface area contributed by atoms with E-state index in [1.807, 2.05) is 43.1 Å².